The average Bonchev–Trinajstić information content (AvgIpc) is 2.83. The SMILES string of the molecule is CNC1CCC2(CC1N(CC(F)(F)F)C(C)C)OCCO2. The minimum Gasteiger partial charge on any atom is -0.347 e. The van der Waals surface area contributed by atoms with Crippen molar-refractivity contribution in [1.29, 1.82) is 0 Å². The third-order valence-electron chi connectivity index (χ3n) is 4.46. The molecular weight excluding hydrogens is 285 g/mol. The molecule has 2 atom stereocenters. The van der Waals surface area contributed by atoms with Crippen molar-refractivity contribution in [2.75, 3.05) is 26.8 Å². The fourth-order valence-corrected chi connectivity index (χ4v) is 3.46. The molecule has 0 radical (unpaired) electrons. The zero-order valence-corrected chi connectivity index (χ0v) is 12.9. The van der Waals surface area contributed by atoms with Crippen LogP contribution >= 0.6 is 0 Å². The Hall–Kier alpha value is -0.370. The highest BCUT2D eigenvalue weighted by atomic mass is 19.4. The van der Waals surface area contributed by atoms with Gasteiger partial charge in [-0.15, -0.1) is 0 Å². The Morgan fingerprint density at radius 2 is 1.90 bits per heavy atom. The molecule has 2 unspecified atom stereocenters. The first-order valence-electron chi connectivity index (χ1n) is 7.54. The number of alkyl halides is 3. The summed E-state index contributed by atoms with van der Waals surface area (Å²) in [6.45, 7) is 3.76. The molecular formula is C14H25F3N2O2. The fourth-order valence-electron chi connectivity index (χ4n) is 3.46. The average molecular weight is 310 g/mol. The number of likely N-dealkylation sites (N-methyl/N-ethyl adjacent to an activating group) is 1. The molecule has 0 bridgehead atoms. The predicted molar refractivity (Wildman–Crippen MR) is 73.0 cm³/mol. The molecule has 0 aromatic carbocycles. The number of hydrogen-bond acceptors (Lipinski definition) is 4. The van der Waals surface area contributed by atoms with Gasteiger partial charge < -0.3 is 14.8 Å². The smallest absolute Gasteiger partial charge is 0.347 e. The normalized spacial score (nSPS) is 29.7. The van der Waals surface area contributed by atoms with Crippen molar-refractivity contribution in [2.45, 2.75) is 63.2 Å². The van der Waals surface area contributed by atoms with Crippen LogP contribution in [0.1, 0.15) is 33.1 Å². The number of rotatable bonds is 4. The van der Waals surface area contributed by atoms with Crippen LogP contribution in [0.5, 0.6) is 0 Å². The van der Waals surface area contributed by atoms with E-state index in [0.29, 0.717) is 19.6 Å². The van der Waals surface area contributed by atoms with E-state index in [4.69, 9.17) is 9.47 Å². The highest BCUT2D eigenvalue weighted by molar-refractivity contribution is 4.97. The first-order valence-corrected chi connectivity index (χ1v) is 7.54. The number of nitrogens with zero attached hydrogens (tertiary/aromatic N) is 1. The zero-order valence-electron chi connectivity index (χ0n) is 12.9. The minimum atomic E-state index is -4.20. The predicted octanol–water partition coefficient (Wildman–Crippen LogP) is 2.14. The van der Waals surface area contributed by atoms with Gasteiger partial charge in [-0.25, -0.2) is 0 Å². The van der Waals surface area contributed by atoms with Crippen LogP contribution < -0.4 is 5.32 Å². The Kier molecular flexibility index (Phi) is 5.18. The molecule has 0 aromatic heterocycles. The maximum absolute atomic E-state index is 12.9. The second kappa shape index (κ2) is 6.40. The number of ether oxygens (including phenoxy) is 2. The third-order valence-corrected chi connectivity index (χ3v) is 4.46. The van der Waals surface area contributed by atoms with E-state index in [9.17, 15) is 13.2 Å². The Morgan fingerprint density at radius 3 is 2.38 bits per heavy atom. The van der Waals surface area contributed by atoms with Crippen molar-refractivity contribution >= 4 is 0 Å². The number of nitrogens with one attached hydrogen (secondary N) is 1. The van der Waals surface area contributed by atoms with Crippen molar-refractivity contribution in [3.05, 3.63) is 0 Å². The molecule has 2 aliphatic rings. The first-order chi connectivity index (χ1) is 9.76. The topological polar surface area (TPSA) is 33.7 Å². The molecule has 1 aliphatic carbocycles. The van der Waals surface area contributed by atoms with Crippen LogP contribution in [0.4, 0.5) is 13.2 Å². The summed E-state index contributed by atoms with van der Waals surface area (Å²) in [5, 5.41) is 3.16. The minimum absolute atomic E-state index is 0.0215. The van der Waals surface area contributed by atoms with Crippen LogP contribution in [0.25, 0.3) is 0 Å². The lowest BCUT2D eigenvalue weighted by molar-refractivity contribution is -0.206. The summed E-state index contributed by atoms with van der Waals surface area (Å²) in [6.07, 6.45) is -2.24. The van der Waals surface area contributed by atoms with Crippen molar-refractivity contribution in [2.24, 2.45) is 0 Å². The van der Waals surface area contributed by atoms with Crippen LogP contribution in [0.2, 0.25) is 0 Å². The monoisotopic (exact) mass is 310 g/mol. The Bertz CT molecular complexity index is 344. The van der Waals surface area contributed by atoms with E-state index in [1.165, 1.54) is 4.90 Å². The van der Waals surface area contributed by atoms with E-state index in [1.807, 2.05) is 0 Å². The largest absolute Gasteiger partial charge is 0.401 e. The molecule has 1 saturated carbocycles. The molecule has 0 aromatic rings. The van der Waals surface area contributed by atoms with Crippen LogP contribution in [-0.4, -0.2) is 61.8 Å². The second-order valence-corrected chi connectivity index (χ2v) is 6.19. The van der Waals surface area contributed by atoms with Gasteiger partial charge in [-0.05, 0) is 27.3 Å². The maximum Gasteiger partial charge on any atom is 0.401 e. The van der Waals surface area contributed by atoms with Gasteiger partial charge in [0.2, 0.25) is 0 Å². The summed E-state index contributed by atoms with van der Waals surface area (Å²) >= 11 is 0. The van der Waals surface area contributed by atoms with Gasteiger partial charge in [-0.3, -0.25) is 4.90 Å². The fraction of sp³-hybridized carbons (Fsp3) is 1.00. The lowest BCUT2D eigenvalue weighted by Gasteiger charge is -2.47. The summed E-state index contributed by atoms with van der Waals surface area (Å²) in [7, 11) is 1.80. The first kappa shape index (κ1) is 17.0. The molecule has 4 nitrogen and oxygen atoms in total. The standard InChI is InChI=1S/C14H25F3N2O2/c1-10(2)19(9-14(15,16)17)12-8-13(20-6-7-21-13)5-4-11(12)18-3/h10-12,18H,4-9H2,1-3H3. The van der Waals surface area contributed by atoms with E-state index in [0.717, 1.165) is 12.8 Å². The summed E-state index contributed by atoms with van der Waals surface area (Å²) in [6, 6.07) is -0.416. The van der Waals surface area contributed by atoms with E-state index in [-0.39, 0.29) is 18.1 Å². The summed E-state index contributed by atoms with van der Waals surface area (Å²) in [5.74, 6) is -0.684. The maximum atomic E-state index is 12.9. The van der Waals surface area contributed by atoms with Crippen molar-refractivity contribution in [1.82, 2.24) is 10.2 Å². The van der Waals surface area contributed by atoms with Gasteiger partial charge in [0.05, 0.1) is 19.8 Å². The summed E-state index contributed by atoms with van der Waals surface area (Å²) in [4.78, 5) is 1.52. The Labute approximate surface area is 124 Å². The lowest BCUT2D eigenvalue weighted by atomic mass is 9.84. The van der Waals surface area contributed by atoms with Crippen LogP contribution in [0.3, 0.4) is 0 Å². The third kappa shape index (κ3) is 4.09. The van der Waals surface area contributed by atoms with E-state index in [2.05, 4.69) is 5.32 Å². The van der Waals surface area contributed by atoms with Crippen LogP contribution in [0, 0.1) is 0 Å². The summed E-state index contributed by atoms with van der Waals surface area (Å²) < 4.78 is 50.1. The van der Waals surface area contributed by atoms with E-state index in [1.54, 1.807) is 20.9 Å². The molecule has 1 heterocycles. The zero-order chi connectivity index (χ0) is 15.7. The van der Waals surface area contributed by atoms with Crippen molar-refractivity contribution in [3.8, 4) is 0 Å². The Morgan fingerprint density at radius 1 is 1.29 bits per heavy atom. The highest BCUT2D eigenvalue weighted by Crippen LogP contribution is 2.39. The van der Waals surface area contributed by atoms with E-state index >= 15 is 0 Å². The van der Waals surface area contributed by atoms with Crippen LogP contribution in [-0.2, 0) is 9.47 Å². The molecule has 1 N–H and O–H groups in total. The molecule has 7 heteroatoms. The molecule has 1 spiro atoms. The van der Waals surface area contributed by atoms with Gasteiger partial charge in [-0.1, -0.05) is 0 Å². The lowest BCUT2D eigenvalue weighted by Crippen LogP contribution is -2.60. The van der Waals surface area contributed by atoms with Crippen molar-refractivity contribution < 1.29 is 22.6 Å². The Balaban J connectivity index is 2.17. The summed E-state index contributed by atoms with van der Waals surface area (Å²) in [5.41, 5.74) is 0. The van der Waals surface area contributed by atoms with Crippen LogP contribution in [0.15, 0.2) is 0 Å². The van der Waals surface area contributed by atoms with Gasteiger partial charge in [0.15, 0.2) is 5.79 Å². The molecule has 21 heavy (non-hydrogen) atoms. The van der Waals surface area contributed by atoms with Gasteiger partial charge in [0, 0.05) is 31.0 Å². The molecule has 2 fully saturated rings. The molecule has 1 saturated heterocycles. The van der Waals surface area contributed by atoms with Gasteiger partial charge in [0.1, 0.15) is 0 Å². The highest BCUT2D eigenvalue weighted by Gasteiger charge is 2.48. The van der Waals surface area contributed by atoms with Gasteiger partial charge >= 0.3 is 6.18 Å². The van der Waals surface area contributed by atoms with E-state index < -0.39 is 18.5 Å². The molecule has 1 aliphatic heterocycles. The quantitative estimate of drug-likeness (QED) is 0.863. The van der Waals surface area contributed by atoms with Gasteiger partial charge in [0.25, 0.3) is 0 Å². The molecule has 0 amide bonds. The molecule has 124 valence electrons. The van der Waals surface area contributed by atoms with Crippen molar-refractivity contribution in [3.63, 3.8) is 0 Å². The number of hydrogen-bond donors (Lipinski definition) is 1. The number of halogens is 3. The molecule has 2 rings (SSSR count). The second-order valence-electron chi connectivity index (χ2n) is 6.19. The van der Waals surface area contributed by atoms with Gasteiger partial charge in [-0.2, -0.15) is 13.2 Å².